The molecule has 0 saturated heterocycles. The minimum Gasteiger partial charge on any atom is -0.486 e. The number of halogens is 1. The Morgan fingerprint density at radius 2 is 1.81 bits per heavy atom. The van der Waals surface area contributed by atoms with Crippen molar-refractivity contribution >= 4 is 11.8 Å². The molecule has 0 aliphatic carbocycles. The molecule has 0 radical (unpaired) electrons. The maximum atomic E-state index is 13.7. The molecule has 37 heavy (non-hydrogen) atoms. The maximum Gasteiger partial charge on any atom is 0.289 e. The van der Waals surface area contributed by atoms with Crippen LogP contribution >= 0.6 is 0 Å². The number of fused-ring (bicyclic) bond motifs is 1. The van der Waals surface area contributed by atoms with Gasteiger partial charge in [-0.1, -0.05) is 32.0 Å². The van der Waals surface area contributed by atoms with Gasteiger partial charge in [0.25, 0.3) is 5.91 Å². The smallest absolute Gasteiger partial charge is 0.289 e. The second-order valence-corrected chi connectivity index (χ2v) is 10.3. The first-order valence-electron chi connectivity index (χ1n) is 12.8. The first-order valence-corrected chi connectivity index (χ1v) is 12.8. The lowest BCUT2D eigenvalue weighted by molar-refractivity contribution is -0.134. The van der Waals surface area contributed by atoms with Crippen LogP contribution in [0.2, 0.25) is 0 Å². The van der Waals surface area contributed by atoms with Gasteiger partial charge >= 0.3 is 0 Å². The van der Waals surface area contributed by atoms with Crippen molar-refractivity contribution in [3.05, 3.63) is 88.6 Å². The van der Waals surface area contributed by atoms with E-state index in [1.54, 1.807) is 36.2 Å². The third kappa shape index (κ3) is 6.04. The molecule has 2 heterocycles. The summed E-state index contributed by atoms with van der Waals surface area (Å²) >= 11 is 0. The van der Waals surface area contributed by atoms with E-state index in [4.69, 9.17) is 9.15 Å². The second-order valence-electron chi connectivity index (χ2n) is 10.3. The lowest BCUT2D eigenvalue weighted by Gasteiger charge is -2.38. The number of hydrogen-bond donors (Lipinski definition) is 0. The number of amides is 2. The molecule has 0 N–H and O–H groups in total. The quantitative estimate of drug-likeness (QED) is 0.376. The Morgan fingerprint density at radius 3 is 2.49 bits per heavy atom. The van der Waals surface area contributed by atoms with E-state index in [2.05, 4.69) is 0 Å². The van der Waals surface area contributed by atoms with Crippen LogP contribution in [0, 0.1) is 11.7 Å². The minimum absolute atomic E-state index is 0.0637. The van der Waals surface area contributed by atoms with Crippen LogP contribution in [-0.2, 0) is 17.8 Å². The number of carbonyl (C=O) groups is 2. The van der Waals surface area contributed by atoms with Crippen molar-refractivity contribution in [1.29, 1.82) is 0 Å². The van der Waals surface area contributed by atoms with E-state index in [0.717, 1.165) is 23.1 Å². The molecular formula is C30H35FN2O4. The highest BCUT2D eigenvalue weighted by Crippen LogP contribution is 2.38. The first-order chi connectivity index (χ1) is 17.6. The molecule has 0 bridgehead atoms. The van der Waals surface area contributed by atoms with Gasteiger partial charge in [0.05, 0.1) is 6.04 Å². The fraction of sp³-hybridized carbons (Fsp3) is 0.400. The zero-order chi connectivity index (χ0) is 26.7. The molecule has 1 atom stereocenters. The summed E-state index contributed by atoms with van der Waals surface area (Å²) in [7, 11) is 1.74. The zero-order valence-corrected chi connectivity index (χ0v) is 22.2. The number of carbonyl (C=O) groups excluding carboxylic acids is 2. The minimum atomic E-state index is -0.321. The molecular weight excluding hydrogens is 471 g/mol. The zero-order valence-electron chi connectivity index (χ0n) is 22.2. The monoisotopic (exact) mass is 506 g/mol. The van der Waals surface area contributed by atoms with Crippen LogP contribution in [0.5, 0.6) is 5.75 Å². The van der Waals surface area contributed by atoms with E-state index in [0.29, 0.717) is 24.5 Å². The summed E-state index contributed by atoms with van der Waals surface area (Å²) in [6.07, 6.45) is 1.19. The van der Waals surface area contributed by atoms with Crippen LogP contribution in [0.1, 0.15) is 73.2 Å². The Labute approximate surface area is 218 Å². The van der Waals surface area contributed by atoms with Gasteiger partial charge in [0.15, 0.2) is 5.76 Å². The highest BCUT2D eigenvalue weighted by Gasteiger charge is 2.32. The molecule has 0 spiro atoms. The molecule has 0 saturated carbocycles. The van der Waals surface area contributed by atoms with E-state index in [9.17, 15) is 14.0 Å². The summed E-state index contributed by atoms with van der Waals surface area (Å²) in [5, 5.41) is 0. The topological polar surface area (TPSA) is 63.0 Å². The summed E-state index contributed by atoms with van der Waals surface area (Å²) in [4.78, 5) is 29.2. The molecule has 3 aromatic rings. The average Bonchev–Trinajstić information content (AvgIpc) is 3.35. The molecule has 1 aliphatic rings. The number of benzene rings is 2. The Balaban J connectivity index is 1.57. The number of nitrogens with zero attached hydrogens (tertiary/aromatic N) is 2. The molecule has 7 heteroatoms. The highest BCUT2D eigenvalue weighted by molar-refractivity contribution is 5.91. The van der Waals surface area contributed by atoms with Gasteiger partial charge in [-0.05, 0) is 79.3 Å². The third-order valence-electron chi connectivity index (χ3n) is 6.78. The van der Waals surface area contributed by atoms with Crippen molar-refractivity contribution in [2.24, 2.45) is 5.92 Å². The van der Waals surface area contributed by atoms with Gasteiger partial charge in [-0.25, -0.2) is 4.39 Å². The van der Waals surface area contributed by atoms with Crippen LogP contribution in [-0.4, -0.2) is 41.2 Å². The Bertz CT molecular complexity index is 1250. The predicted octanol–water partition coefficient (Wildman–Crippen LogP) is 6.00. The SMILES string of the molecule is CC(C)CC(=O)N1CCc2ccc(OCc3ccc(C(=O)N(C)C(C)C)o3)cc2C1c1ccc(F)cc1. The van der Waals surface area contributed by atoms with Gasteiger partial charge in [0, 0.05) is 26.1 Å². The standard InChI is InChI=1S/C30H35FN2O4/c1-19(2)16-28(34)33-15-14-21-8-11-24(17-26(21)29(33)22-6-9-23(31)10-7-22)36-18-25-12-13-27(37-25)30(35)32(5)20(3)4/h6-13,17,19-20,29H,14-16,18H2,1-5H3. The normalized spacial score (nSPS) is 15.1. The summed E-state index contributed by atoms with van der Waals surface area (Å²) in [6.45, 7) is 8.71. The van der Waals surface area contributed by atoms with Gasteiger partial charge < -0.3 is 19.0 Å². The Kier molecular flexibility index (Phi) is 8.00. The van der Waals surface area contributed by atoms with Crippen LogP contribution < -0.4 is 4.74 Å². The average molecular weight is 507 g/mol. The van der Waals surface area contributed by atoms with Gasteiger partial charge in [0.1, 0.15) is 23.9 Å². The van der Waals surface area contributed by atoms with E-state index >= 15 is 0 Å². The molecule has 1 aromatic heterocycles. The summed E-state index contributed by atoms with van der Waals surface area (Å²) in [5.74, 6) is 1.28. The van der Waals surface area contributed by atoms with Gasteiger partial charge in [0.2, 0.25) is 5.91 Å². The van der Waals surface area contributed by atoms with Crippen LogP contribution in [0.15, 0.2) is 59.0 Å². The predicted molar refractivity (Wildman–Crippen MR) is 140 cm³/mol. The lowest BCUT2D eigenvalue weighted by atomic mass is 9.87. The fourth-order valence-electron chi connectivity index (χ4n) is 4.56. The molecule has 1 aliphatic heterocycles. The van der Waals surface area contributed by atoms with E-state index < -0.39 is 0 Å². The third-order valence-corrected chi connectivity index (χ3v) is 6.78. The van der Waals surface area contributed by atoms with Crippen LogP contribution in [0.4, 0.5) is 4.39 Å². The number of hydrogen-bond acceptors (Lipinski definition) is 4. The Hall–Kier alpha value is -3.61. The Morgan fingerprint density at radius 1 is 1.08 bits per heavy atom. The van der Waals surface area contributed by atoms with Crippen molar-refractivity contribution in [2.75, 3.05) is 13.6 Å². The highest BCUT2D eigenvalue weighted by atomic mass is 19.1. The largest absolute Gasteiger partial charge is 0.486 e. The van der Waals surface area contributed by atoms with Crippen molar-refractivity contribution in [3.63, 3.8) is 0 Å². The van der Waals surface area contributed by atoms with Gasteiger partial charge in [-0.15, -0.1) is 0 Å². The first kappa shape index (κ1) is 26.5. The summed E-state index contributed by atoms with van der Waals surface area (Å²) in [5.41, 5.74) is 2.97. The van der Waals surface area contributed by atoms with Gasteiger partial charge in [-0.3, -0.25) is 9.59 Å². The summed E-state index contributed by atoms with van der Waals surface area (Å²) in [6, 6.07) is 15.4. The van der Waals surface area contributed by atoms with Crippen LogP contribution in [0.3, 0.4) is 0 Å². The molecule has 196 valence electrons. The van der Waals surface area contributed by atoms with Crippen molar-refractivity contribution in [1.82, 2.24) is 9.80 Å². The lowest BCUT2D eigenvalue weighted by Crippen LogP contribution is -2.41. The maximum absolute atomic E-state index is 13.7. The summed E-state index contributed by atoms with van der Waals surface area (Å²) < 4.78 is 25.5. The fourth-order valence-corrected chi connectivity index (χ4v) is 4.56. The van der Waals surface area contributed by atoms with E-state index in [1.807, 2.05) is 50.8 Å². The van der Waals surface area contributed by atoms with Crippen LogP contribution in [0.25, 0.3) is 0 Å². The molecule has 1 unspecified atom stereocenters. The number of furan rings is 1. The molecule has 2 aromatic carbocycles. The molecule has 6 nitrogen and oxygen atoms in total. The molecule has 2 amide bonds. The number of ether oxygens (including phenoxy) is 1. The molecule has 0 fully saturated rings. The second kappa shape index (κ2) is 11.2. The van der Waals surface area contributed by atoms with Crippen molar-refractivity contribution < 1.29 is 23.1 Å². The van der Waals surface area contributed by atoms with E-state index in [-0.39, 0.29) is 48.0 Å². The van der Waals surface area contributed by atoms with Crippen molar-refractivity contribution in [3.8, 4) is 5.75 Å². The van der Waals surface area contributed by atoms with E-state index in [1.165, 1.54) is 12.1 Å². The molecule has 4 rings (SSSR count). The van der Waals surface area contributed by atoms with Gasteiger partial charge in [-0.2, -0.15) is 0 Å². The van der Waals surface area contributed by atoms with Crippen molar-refractivity contribution in [2.45, 2.75) is 59.2 Å². The number of rotatable bonds is 8.